The molecule has 1 N–H and O–H groups in total. The molecule has 1 aromatic carbocycles. The minimum absolute atomic E-state index is 0.634. The molecule has 0 aromatic heterocycles. The lowest BCUT2D eigenvalue weighted by Gasteiger charge is -2.32. The van der Waals surface area contributed by atoms with E-state index < -0.39 is 0 Å². The van der Waals surface area contributed by atoms with Gasteiger partial charge in [0.05, 0.1) is 0 Å². The molecule has 1 heterocycles. The van der Waals surface area contributed by atoms with Gasteiger partial charge in [-0.1, -0.05) is 27.5 Å². The summed E-state index contributed by atoms with van der Waals surface area (Å²) >= 11 is 9.62. The van der Waals surface area contributed by atoms with Crippen molar-refractivity contribution in [3.8, 4) is 0 Å². The lowest BCUT2D eigenvalue weighted by Crippen LogP contribution is -2.43. The Bertz CT molecular complexity index is 378. The second kappa shape index (κ2) is 6.19. The Kier molecular flexibility index (Phi) is 4.86. The van der Waals surface area contributed by atoms with Crippen molar-refractivity contribution >= 4 is 27.5 Å². The van der Waals surface area contributed by atoms with Gasteiger partial charge in [-0.05, 0) is 50.2 Å². The molecule has 17 heavy (non-hydrogen) atoms. The standard InChI is InChI=1S/C13H18BrClN2/c1-17(12-3-2-6-16-8-12)9-10-7-11(15)4-5-13(10)14/h4-5,7,12,16H,2-3,6,8-9H2,1H3. The first kappa shape index (κ1) is 13.3. The maximum Gasteiger partial charge on any atom is 0.0410 e. The van der Waals surface area contributed by atoms with Gasteiger partial charge >= 0.3 is 0 Å². The van der Waals surface area contributed by atoms with E-state index in [4.69, 9.17) is 11.6 Å². The highest BCUT2D eigenvalue weighted by molar-refractivity contribution is 9.10. The highest BCUT2D eigenvalue weighted by Gasteiger charge is 2.18. The van der Waals surface area contributed by atoms with Gasteiger partial charge in [0.2, 0.25) is 0 Å². The van der Waals surface area contributed by atoms with Crippen LogP contribution in [0.3, 0.4) is 0 Å². The number of hydrogen-bond donors (Lipinski definition) is 1. The average molecular weight is 318 g/mol. The summed E-state index contributed by atoms with van der Waals surface area (Å²) in [5, 5.41) is 4.25. The van der Waals surface area contributed by atoms with E-state index in [1.807, 2.05) is 18.2 Å². The smallest absolute Gasteiger partial charge is 0.0410 e. The largest absolute Gasteiger partial charge is 0.315 e. The fourth-order valence-electron chi connectivity index (χ4n) is 2.27. The number of nitrogens with one attached hydrogen (secondary N) is 1. The molecule has 2 nitrogen and oxygen atoms in total. The Morgan fingerprint density at radius 3 is 3.06 bits per heavy atom. The first-order valence-electron chi connectivity index (χ1n) is 6.01. The quantitative estimate of drug-likeness (QED) is 0.920. The molecule has 1 saturated heterocycles. The van der Waals surface area contributed by atoms with Crippen molar-refractivity contribution in [1.29, 1.82) is 0 Å². The van der Waals surface area contributed by atoms with Crippen molar-refractivity contribution in [1.82, 2.24) is 10.2 Å². The van der Waals surface area contributed by atoms with Crippen LogP contribution < -0.4 is 5.32 Å². The molecule has 1 aliphatic heterocycles. The molecule has 0 bridgehead atoms. The molecule has 1 atom stereocenters. The number of hydrogen-bond acceptors (Lipinski definition) is 2. The third kappa shape index (κ3) is 3.68. The van der Waals surface area contributed by atoms with Crippen molar-refractivity contribution in [2.24, 2.45) is 0 Å². The fourth-order valence-corrected chi connectivity index (χ4v) is 2.84. The molecule has 0 spiro atoms. The van der Waals surface area contributed by atoms with E-state index in [2.05, 4.69) is 33.2 Å². The first-order valence-corrected chi connectivity index (χ1v) is 7.19. The number of likely N-dealkylation sites (N-methyl/N-ethyl adjacent to an activating group) is 1. The van der Waals surface area contributed by atoms with Crippen LogP contribution in [0, 0.1) is 0 Å². The lowest BCUT2D eigenvalue weighted by molar-refractivity contribution is 0.195. The van der Waals surface area contributed by atoms with Crippen molar-refractivity contribution in [3.05, 3.63) is 33.3 Å². The van der Waals surface area contributed by atoms with Crippen LogP contribution >= 0.6 is 27.5 Å². The predicted octanol–water partition coefficient (Wildman–Crippen LogP) is 3.29. The van der Waals surface area contributed by atoms with Crippen LogP contribution in [0.2, 0.25) is 5.02 Å². The highest BCUT2D eigenvalue weighted by atomic mass is 79.9. The Labute approximate surface area is 116 Å². The maximum atomic E-state index is 6.03. The van der Waals surface area contributed by atoms with Gasteiger partial charge in [0, 0.05) is 28.6 Å². The van der Waals surface area contributed by atoms with Gasteiger partial charge in [-0.2, -0.15) is 0 Å². The van der Waals surface area contributed by atoms with E-state index in [-0.39, 0.29) is 0 Å². The van der Waals surface area contributed by atoms with Crippen molar-refractivity contribution < 1.29 is 0 Å². The zero-order valence-electron chi connectivity index (χ0n) is 10.0. The van der Waals surface area contributed by atoms with Crippen LogP contribution in [0.25, 0.3) is 0 Å². The Hall–Kier alpha value is -0.0900. The van der Waals surface area contributed by atoms with Gasteiger partial charge in [-0.15, -0.1) is 0 Å². The summed E-state index contributed by atoms with van der Waals surface area (Å²) in [5.41, 5.74) is 1.26. The number of benzene rings is 1. The van der Waals surface area contributed by atoms with Crippen LogP contribution in [0.15, 0.2) is 22.7 Å². The van der Waals surface area contributed by atoms with E-state index in [1.54, 1.807) is 0 Å². The minimum atomic E-state index is 0.634. The predicted molar refractivity (Wildman–Crippen MR) is 76.5 cm³/mol. The van der Waals surface area contributed by atoms with Gasteiger partial charge in [0.25, 0.3) is 0 Å². The molecule has 1 fully saturated rings. The maximum absolute atomic E-state index is 6.03. The molecular weight excluding hydrogens is 300 g/mol. The number of rotatable bonds is 3. The Morgan fingerprint density at radius 2 is 2.35 bits per heavy atom. The normalized spacial score (nSPS) is 20.8. The summed E-state index contributed by atoms with van der Waals surface area (Å²) in [6.45, 7) is 3.19. The second-order valence-electron chi connectivity index (χ2n) is 4.65. The molecular formula is C13H18BrClN2. The van der Waals surface area contributed by atoms with Crippen LogP contribution in [0.4, 0.5) is 0 Å². The van der Waals surface area contributed by atoms with E-state index >= 15 is 0 Å². The first-order chi connectivity index (χ1) is 8.16. The summed E-state index contributed by atoms with van der Waals surface area (Å²) in [7, 11) is 2.19. The molecule has 0 aliphatic carbocycles. The Balaban J connectivity index is 2.01. The second-order valence-corrected chi connectivity index (χ2v) is 5.94. The minimum Gasteiger partial charge on any atom is -0.315 e. The Morgan fingerprint density at radius 1 is 1.53 bits per heavy atom. The van der Waals surface area contributed by atoms with Gasteiger partial charge in [0.15, 0.2) is 0 Å². The van der Waals surface area contributed by atoms with Crippen LogP contribution in [0.1, 0.15) is 18.4 Å². The molecule has 0 amide bonds. The monoisotopic (exact) mass is 316 g/mol. The zero-order valence-corrected chi connectivity index (χ0v) is 12.4. The van der Waals surface area contributed by atoms with Gasteiger partial charge in [0.1, 0.15) is 0 Å². The third-order valence-electron chi connectivity index (χ3n) is 3.32. The van der Waals surface area contributed by atoms with Gasteiger partial charge < -0.3 is 5.32 Å². The number of piperidine rings is 1. The highest BCUT2D eigenvalue weighted by Crippen LogP contribution is 2.23. The number of halogens is 2. The number of nitrogens with zero attached hydrogens (tertiary/aromatic N) is 1. The van der Waals surface area contributed by atoms with Crippen molar-refractivity contribution in [2.45, 2.75) is 25.4 Å². The van der Waals surface area contributed by atoms with Crippen molar-refractivity contribution in [2.75, 3.05) is 20.1 Å². The topological polar surface area (TPSA) is 15.3 Å². The molecule has 0 radical (unpaired) electrons. The summed E-state index contributed by atoms with van der Waals surface area (Å²) in [6.07, 6.45) is 2.55. The summed E-state index contributed by atoms with van der Waals surface area (Å²) < 4.78 is 1.14. The average Bonchev–Trinajstić information content (AvgIpc) is 2.35. The van der Waals surface area contributed by atoms with Crippen molar-refractivity contribution in [3.63, 3.8) is 0 Å². The van der Waals surface area contributed by atoms with Crippen LogP contribution in [-0.2, 0) is 6.54 Å². The zero-order chi connectivity index (χ0) is 12.3. The molecule has 1 aromatic rings. The van der Waals surface area contributed by atoms with E-state index in [0.717, 1.165) is 29.1 Å². The molecule has 1 unspecified atom stereocenters. The summed E-state index contributed by atoms with van der Waals surface area (Å²) in [4.78, 5) is 2.41. The van der Waals surface area contributed by atoms with E-state index in [9.17, 15) is 0 Å². The molecule has 4 heteroatoms. The SMILES string of the molecule is CN(Cc1cc(Cl)ccc1Br)C1CCCNC1. The lowest BCUT2D eigenvalue weighted by atomic mass is 10.1. The van der Waals surface area contributed by atoms with E-state index in [0.29, 0.717) is 6.04 Å². The molecule has 94 valence electrons. The van der Waals surface area contributed by atoms with Gasteiger partial charge in [-0.25, -0.2) is 0 Å². The molecule has 2 rings (SSSR count). The van der Waals surface area contributed by atoms with Crippen LogP contribution in [0.5, 0.6) is 0 Å². The van der Waals surface area contributed by atoms with Gasteiger partial charge in [-0.3, -0.25) is 4.90 Å². The third-order valence-corrected chi connectivity index (χ3v) is 4.33. The molecule has 1 aliphatic rings. The summed E-state index contributed by atoms with van der Waals surface area (Å²) in [5.74, 6) is 0. The summed E-state index contributed by atoms with van der Waals surface area (Å²) in [6, 6.07) is 6.61. The molecule has 0 saturated carbocycles. The van der Waals surface area contributed by atoms with Crippen LogP contribution in [-0.4, -0.2) is 31.1 Å². The fraction of sp³-hybridized carbons (Fsp3) is 0.538. The van der Waals surface area contributed by atoms with E-state index in [1.165, 1.54) is 18.4 Å².